The van der Waals surface area contributed by atoms with Crippen molar-refractivity contribution in [2.45, 2.75) is 12.8 Å². The predicted molar refractivity (Wildman–Crippen MR) is 79.5 cm³/mol. The van der Waals surface area contributed by atoms with Gasteiger partial charge in [-0.2, -0.15) is 11.8 Å². The second kappa shape index (κ2) is 9.67. The molecule has 17 heavy (non-hydrogen) atoms. The first kappa shape index (κ1) is 16.7. The fraction of sp³-hybridized carbons (Fsp3) is 0.818. The van der Waals surface area contributed by atoms with Crippen LogP contribution in [0.3, 0.4) is 0 Å². The van der Waals surface area contributed by atoms with Crippen LogP contribution in [0.2, 0.25) is 0 Å². The van der Waals surface area contributed by atoms with Crippen molar-refractivity contribution in [2.24, 2.45) is 5.73 Å². The number of nitrogens with zero attached hydrogens (tertiary/aromatic N) is 2. The minimum Gasteiger partial charge on any atom is -0.393 e. The summed E-state index contributed by atoms with van der Waals surface area (Å²) < 4.78 is 0. The number of carbonyl (C=O) groups is 1. The van der Waals surface area contributed by atoms with Gasteiger partial charge >= 0.3 is 0 Å². The number of rotatable bonds is 9. The van der Waals surface area contributed by atoms with E-state index in [0.717, 1.165) is 18.8 Å². The molecule has 0 aromatic rings. The molecule has 6 heteroatoms. The van der Waals surface area contributed by atoms with E-state index >= 15 is 0 Å². The van der Waals surface area contributed by atoms with E-state index in [1.807, 2.05) is 18.8 Å². The summed E-state index contributed by atoms with van der Waals surface area (Å²) in [5, 5.41) is 0. The van der Waals surface area contributed by atoms with Crippen LogP contribution >= 0.6 is 24.0 Å². The highest BCUT2D eigenvalue weighted by atomic mass is 32.2. The molecule has 0 spiro atoms. The van der Waals surface area contributed by atoms with E-state index in [-0.39, 0.29) is 5.91 Å². The summed E-state index contributed by atoms with van der Waals surface area (Å²) in [7, 11) is 3.83. The largest absolute Gasteiger partial charge is 0.393 e. The summed E-state index contributed by atoms with van der Waals surface area (Å²) in [5.74, 6) is 1.25. The Morgan fingerprint density at radius 3 is 2.41 bits per heavy atom. The Bertz CT molecular complexity index is 249. The molecule has 0 aliphatic carbocycles. The number of thioether (sulfide) groups is 1. The van der Waals surface area contributed by atoms with Gasteiger partial charge in [-0.1, -0.05) is 12.2 Å². The van der Waals surface area contributed by atoms with Crippen molar-refractivity contribution < 1.29 is 4.79 Å². The Labute approximate surface area is 114 Å². The third-order valence-corrected chi connectivity index (χ3v) is 3.30. The second-order valence-corrected chi connectivity index (χ2v) is 5.59. The molecule has 0 rings (SSSR count). The smallest absolute Gasteiger partial charge is 0.223 e. The minimum absolute atomic E-state index is 0.150. The van der Waals surface area contributed by atoms with Crippen LogP contribution in [0.15, 0.2) is 0 Å². The highest BCUT2D eigenvalue weighted by Crippen LogP contribution is 1.98. The molecule has 0 bridgehead atoms. The van der Waals surface area contributed by atoms with Crippen molar-refractivity contribution in [1.82, 2.24) is 9.80 Å². The Morgan fingerprint density at radius 1 is 1.24 bits per heavy atom. The number of carbonyl (C=O) groups excluding carboxylic acids is 1. The van der Waals surface area contributed by atoms with Crippen LogP contribution in [0.5, 0.6) is 0 Å². The van der Waals surface area contributed by atoms with E-state index in [9.17, 15) is 4.79 Å². The third-order valence-electron chi connectivity index (χ3n) is 2.50. The normalized spacial score (nSPS) is 10.6. The molecular formula is C11H23N3OS2. The number of hydrogen-bond acceptors (Lipinski definition) is 4. The van der Waals surface area contributed by atoms with E-state index in [0.29, 0.717) is 24.4 Å². The first-order valence-corrected chi connectivity index (χ1v) is 7.47. The lowest BCUT2D eigenvalue weighted by Crippen LogP contribution is -2.33. The fourth-order valence-corrected chi connectivity index (χ4v) is 1.82. The van der Waals surface area contributed by atoms with Gasteiger partial charge in [-0.3, -0.25) is 4.79 Å². The summed E-state index contributed by atoms with van der Waals surface area (Å²) in [6, 6.07) is 0. The molecule has 100 valence electrons. The molecule has 0 aliphatic heterocycles. The van der Waals surface area contributed by atoms with Crippen LogP contribution in [0.1, 0.15) is 12.8 Å². The molecule has 0 aromatic heterocycles. The Hall–Kier alpha value is -0.330. The Balaban J connectivity index is 3.73. The lowest BCUT2D eigenvalue weighted by Gasteiger charge is -2.20. The van der Waals surface area contributed by atoms with Gasteiger partial charge in [-0.15, -0.1) is 0 Å². The van der Waals surface area contributed by atoms with Crippen molar-refractivity contribution in [1.29, 1.82) is 0 Å². The molecule has 0 aromatic carbocycles. The van der Waals surface area contributed by atoms with Gasteiger partial charge < -0.3 is 15.5 Å². The van der Waals surface area contributed by atoms with Crippen molar-refractivity contribution in [3.8, 4) is 0 Å². The van der Waals surface area contributed by atoms with Gasteiger partial charge in [0.15, 0.2) is 0 Å². The van der Waals surface area contributed by atoms with Crippen LogP contribution in [-0.2, 0) is 4.79 Å². The zero-order valence-corrected chi connectivity index (χ0v) is 12.6. The minimum atomic E-state index is 0.150. The first-order chi connectivity index (χ1) is 7.97. The SMILES string of the molecule is CSCCN(C)CCC(=O)N(C)CCC(N)=S. The lowest BCUT2D eigenvalue weighted by molar-refractivity contribution is -0.130. The molecule has 0 aliphatic rings. The van der Waals surface area contributed by atoms with E-state index in [1.54, 1.807) is 11.9 Å². The van der Waals surface area contributed by atoms with Crippen molar-refractivity contribution in [3.05, 3.63) is 0 Å². The highest BCUT2D eigenvalue weighted by Gasteiger charge is 2.09. The van der Waals surface area contributed by atoms with Gasteiger partial charge in [-0.05, 0) is 13.3 Å². The molecule has 0 fully saturated rings. The highest BCUT2D eigenvalue weighted by molar-refractivity contribution is 7.98. The van der Waals surface area contributed by atoms with Gasteiger partial charge in [0.2, 0.25) is 5.91 Å². The fourth-order valence-electron chi connectivity index (χ4n) is 1.24. The summed E-state index contributed by atoms with van der Waals surface area (Å²) >= 11 is 6.60. The number of nitrogens with two attached hydrogens (primary N) is 1. The average molecular weight is 277 g/mol. The van der Waals surface area contributed by atoms with Gasteiger partial charge in [0.1, 0.15) is 0 Å². The third kappa shape index (κ3) is 9.38. The number of amides is 1. The summed E-state index contributed by atoms with van der Waals surface area (Å²) in [6.45, 7) is 2.44. The predicted octanol–water partition coefficient (Wildman–Crippen LogP) is 0.806. The number of hydrogen-bond donors (Lipinski definition) is 1. The Morgan fingerprint density at radius 2 is 1.88 bits per heavy atom. The molecule has 1 amide bonds. The van der Waals surface area contributed by atoms with E-state index < -0.39 is 0 Å². The van der Waals surface area contributed by atoms with Crippen molar-refractivity contribution >= 4 is 34.9 Å². The average Bonchev–Trinajstić information content (AvgIpc) is 2.29. The van der Waals surface area contributed by atoms with E-state index in [4.69, 9.17) is 18.0 Å². The Kier molecular flexibility index (Phi) is 9.49. The zero-order chi connectivity index (χ0) is 13.3. The van der Waals surface area contributed by atoms with Crippen LogP contribution < -0.4 is 5.73 Å². The molecule has 0 saturated carbocycles. The molecule has 0 saturated heterocycles. The van der Waals surface area contributed by atoms with Gasteiger partial charge in [-0.25, -0.2) is 0 Å². The van der Waals surface area contributed by atoms with Crippen LogP contribution in [0.4, 0.5) is 0 Å². The van der Waals surface area contributed by atoms with Crippen LogP contribution in [-0.4, -0.2) is 66.4 Å². The molecule has 0 unspecified atom stereocenters. The zero-order valence-electron chi connectivity index (χ0n) is 10.9. The van der Waals surface area contributed by atoms with Gasteiger partial charge in [0, 0.05) is 45.3 Å². The maximum absolute atomic E-state index is 11.7. The maximum atomic E-state index is 11.7. The molecule has 0 atom stereocenters. The second-order valence-electron chi connectivity index (χ2n) is 4.08. The van der Waals surface area contributed by atoms with Gasteiger partial charge in [0.05, 0.1) is 4.99 Å². The standard InChI is InChI=1S/C11H23N3OS2/c1-13(8-9-17-3)6-5-11(15)14(2)7-4-10(12)16/h4-9H2,1-3H3,(H2,12,16). The molecule has 2 N–H and O–H groups in total. The monoisotopic (exact) mass is 277 g/mol. The van der Waals surface area contributed by atoms with Crippen molar-refractivity contribution in [3.63, 3.8) is 0 Å². The quantitative estimate of drug-likeness (QED) is 0.632. The number of thiocarbonyl (C=S) groups is 1. The van der Waals surface area contributed by atoms with Crippen LogP contribution in [0.25, 0.3) is 0 Å². The molecule has 0 heterocycles. The topological polar surface area (TPSA) is 49.6 Å². The summed E-state index contributed by atoms with van der Waals surface area (Å²) in [4.78, 5) is 16.1. The van der Waals surface area contributed by atoms with E-state index in [1.165, 1.54) is 0 Å². The summed E-state index contributed by atoms with van der Waals surface area (Å²) in [5.41, 5.74) is 5.40. The maximum Gasteiger partial charge on any atom is 0.223 e. The molecule has 0 radical (unpaired) electrons. The summed E-state index contributed by atoms with van der Waals surface area (Å²) in [6.07, 6.45) is 3.24. The molecule has 4 nitrogen and oxygen atoms in total. The van der Waals surface area contributed by atoms with Gasteiger partial charge in [0.25, 0.3) is 0 Å². The lowest BCUT2D eigenvalue weighted by atomic mass is 10.3. The van der Waals surface area contributed by atoms with Crippen molar-refractivity contribution in [2.75, 3.05) is 45.7 Å². The first-order valence-electron chi connectivity index (χ1n) is 5.67. The van der Waals surface area contributed by atoms with Crippen LogP contribution in [0, 0.1) is 0 Å². The molecular weight excluding hydrogens is 254 g/mol. The van der Waals surface area contributed by atoms with E-state index in [2.05, 4.69) is 11.2 Å².